The summed E-state index contributed by atoms with van der Waals surface area (Å²) < 4.78 is 1.60. The van der Waals surface area contributed by atoms with Crippen molar-refractivity contribution in [2.24, 2.45) is 0 Å². The number of benzene rings is 1. The van der Waals surface area contributed by atoms with Gasteiger partial charge < -0.3 is 10.0 Å². The molecule has 1 unspecified atom stereocenters. The lowest BCUT2D eigenvalue weighted by Gasteiger charge is -2.23. The summed E-state index contributed by atoms with van der Waals surface area (Å²) in [6, 6.07) is 11.3. The molecule has 1 aromatic carbocycles. The summed E-state index contributed by atoms with van der Waals surface area (Å²) in [5, 5.41) is 23.0. The molecule has 0 aliphatic heterocycles. The molecule has 2 aromatic heterocycles. The van der Waals surface area contributed by atoms with E-state index >= 15 is 0 Å². The smallest absolute Gasteiger partial charge is 0.223 e. The largest absolute Gasteiger partial charge is 0.392 e. The number of aliphatic hydroxyl groups is 1. The number of hydrogen-bond donors (Lipinski definition) is 1. The molecule has 0 aliphatic carbocycles. The number of aromatic nitrogens is 3. The van der Waals surface area contributed by atoms with Crippen LogP contribution >= 0.6 is 0 Å². The fraction of sp³-hybridized carbons (Fsp3) is 0.222. The molecule has 0 saturated carbocycles. The average Bonchev–Trinajstić information content (AvgIpc) is 3.02. The van der Waals surface area contributed by atoms with Gasteiger partial charge in [-0.3, -0.25) is 4.79 Å². The summed E-state index contributed by atoms with van der Waals surface area (Å²) in [7, 11) is 0. The normalized spacial score (nSPS) is 11.9. The van der Waals surface area contributed by atoms with Gasteiger partial charge in [0, 0.05) is 24.4 Å². The van der Waals surface area contributed by atoms with E-state index in [2.05, 4.69) is 16.2 Å². The lowest BCUT2D eigenvalue weighted by Crippen LogP contribution is -2.34. The van der Waals surface area contributed by atoms with Crippen molar-refractivity contribution in [3.8, 4) is 17.3 Å². The number of amides is 1. The van der Waals surface area contributed by atoms with Crippen molar-refractivity contribution < 1.29 is 9.90 Å². The first-order chi connectivity index (χ1) is 12.0. The van der Waals surface area contributed by atoms with Crippen molar-refractivity contribution in [3.05, 3.63) is 48.3 Å². The number of nitrogens with zero attached hydrogens (tertiary/aromatic N) is 5. The molecule has 1 amide bonds. The van der Waals surface area contributed by atoms with Gasteiger partial charge in [0.25, 0.3) is 0 Å². The van der Waals surface area contributed by atoms with E-state index in [0.29, 0.717) is 16.9 Å². The van der Waals surface area contributed by atoms with E-state index in [0.717, 1.165) is 11.3 Å². The van der Waals surface area contributed by atoms with Crippen molar-refractivity contribution in [1.29, 1.82) is 5.26 Å². The van der Waals surface area contributed by atoms with Crippen molar-refractivity contribution in [2.75, 3.05) is 11.4 Å². The monoisotopic (exact) mass is 335 g/mol. The maximum absolute atomic E-state index is 11.9. The fourth-order valence-corrected chi connectivity index (χ4v) is 2.70. The van der Waals surface area contributed by atoms with Crippen molar-refractivity contribution in [2.45, 2.75) is 20.0 Å². The van der Waals surface area contributed by atoms with Gasteiger partial charge in [0.15, 0.2) is 5.65 Å². The number of nitriles is 1. The predicted octanol–water partition coefficient (Wildman–Crippen LogP) is 2.00. The topological polar surface area (TPSA) is 94.5 Å². The van der Waals surface area contributed by atoms with E-state index < -0.39 is 6.10 Å². The molecule has 0 fully saturated rings. The lowest BCUT2D eigenvalue weighted by molar-refractivity contribution is -0.116. The lowest BCUT2D eigenvalue weighted by atomic mass is 10.1. The molecule has 0 bridgehead atoms. The molecule has 0 spiro atoms. The highest BCUT2D eigenvalue weighted by Crippen LogP contribution is 2.26. The van der Waals surface area contributed by atoms with Gasteiger partial charge in [-0.2, -0.15) is 10.4 Å². The highest BCUT2D eigenvalue weighted by Gasteiger charge is 2.16. The predicted molar refractivity (Wildman–Crippen MR) is 92.8 cm³/mol. The zero-order valence-corrected chi connectivity index (χ0v) is 13.9. The number of fused-ring (bicyclic) bond motifs is 1. The molecule has 0 saturated heterocycles. The summed E-state index contributed by atoms with van der Waals surface area (Å²) in [5.41, 5.74) is 3.15. The number of aliphatic hydroxyl groups excluding tert-OH is 1. The van der Waals surface area contributed by atoms with Crippen molar-refractivity contribution in [1.82, 2.24) is 14.6 Å². The Hall–Kier alpha value is -3.24. The minimum atomic E-state index is -0.635. The summed E-state index contributed by atoms with van der Waals surface area (Å²) in [6.07, 6.45) is 2.47. The molecule has 25 heavy (non-hydrogen) atoms. The Bertz CT molecular complexity index is 971. The zero-order valence-electron chi connectivity index (χ0n) is 13.9. The summed E-state index contributed by atoms with van der Waals surface area (Å²) >= 11 is 0. The quantitative estimate of drug-likeness (QED) is 0.787. The molecular formula is C18H17N5O2. The number of hydrogen-bond acceptors (Lipinski definition) is 5. The van der Waals surface area contributed by atoms with Gasteiger partial charge >= 0.3 is 0 Å². The van der Waals surface area contributed by atoms with Crippen LogP contribution in [-0.2, 0) is 4.79 Å². The van der Waals surface area contributed by atoms with Crippen LogP contribution in [0.5, 0.6) is 0 Å². The molecule has 3 rings (SSSR count). The van der Waals surface area contributed by atoms with E-state index in [-0.39, 0.29) is 12.5 Å². The van der Waals surface area contributed by atoms with E-state index in [1.165, 1.54) is 18.0 Å². The standard InChI is InChI=1S/C18H17N5O2/c1-12(24)11-22(13(2)25)16-5-3-4-14(8-16)17-6-7-20-18-15(9-19)10-21-23(17)18/h3-8,10,12,24H,11H2,1-2H3. The van der Waals surface area contributed by atoms with Crippen LogP contribution in [0.25, 0.3) is 16.9 Å². The Kier molecular flexibility index (Phi) is 4.46. The van der Waals surface area contributed by atoms with Gasteiger partial charge in [-0.15, -0.1) is 0 Å². The van der Waals surface area contributed by atoms with Crippen molar-refractivity contribution >= 4 is 17.2 Å². The number of rotatable bonds is 4. The Balaban J connectivity index is 2.09. The maximum atomic E-state index is 11.9. The number of anilines is 1. The highest BCUT2D eigenvalue weighted by atomic mass is 16.3. The Morgan fingerprint density at radius 3 is 2.92 bits per heavy atom. The molecule has 1 atom stereocenters. The third-order valence-electron chi connectivity index (χ3n) is 3.80. The van der Waals surface area contributed by atoms with Crippen LogP contribution in [0.15, 0.2) is 42.7 Å². The van der Waals surface area contributed by atoms with E-state index in [9.17, 15) is 9.90 Å². The maximum Gasteiger partial charge on any atom is 0.223 e. The molecular weight excluding hydrogens is 318 g/mol. The molecule has 7 nitrogen and oxygen atoms in total. The van der Waals surface area contributed by atoms with E-state index in [1.54, 1.807) is 23.7 Å². The van der Waals surface area contributed by atoms with Gasteiger partial charge in [-0.05, 0) is 25.1 Å². The molecule has 1 N–H and O–H groups in total. The fourth-order valence-electron chi connectivity index (χ4n) is 2.70. The van der Waals surface area contributed by atoms with Gasteiger partial charge in [0.2, 0.25) is 5.91 Å². The second-order valence-electron chi connectivity index (χ2n) is 5.76. The SMILES string of the molecule is CC(=O)N(CC(C)O)c1cccc(-c2ccnc3c(C#N)cnn23)c1. The van der Waals surface area contributed by atoms with Crippen LogP contribution in [-0.4, -0.2) is 38.3 Å². The van der Waals surface area contributed by atoms with E-state index in [1.807, 2.05) is 24.3 Å². The van der Waals surface area contributed by atoms with Crippen LogP contribution in [0.4, 0.5) is 5.69 Å². The number of carbonyl (C=O) groups is 1. The zero-order chi connectivity index (χ0) is 18.0. The molecule has 2 heterocycles. The van der Waals surface area contributed by atoms with Crippen LogP contribution in [0.2, 0.25) is 0 Å². The minimum Gasteiger partial charge on any atom is -0.392 e. The molecule has 0 radical (unpaired) electrons. The molecule has 3 aromatic rings. The van der Waals surface area contributed by atoms with Crippen LogP contribution in [0.1, 0.15) is 19.4 Å². The van der Waals surface area contributed by atoms with Gasteiger partial charge in [0.1, 0.15) is 11.6 Å². The van der Waals surface area contributed by atoms with Crippen LogP contribution < -0.4 is 4.90 Å². The first-order valence-electron chi connectivity index (χ1n) is 7.80. The van der Waals surface area contributed by atoms with Gasteiger partial charge in [0.05, 0.1) is 24.5 Å². The Labute approximate surface area is 144 Å². The summed E-state index contributed by atoms with van der Waals surface area (Å²) in [4.78, 5) is 17.7. The third-order valence-corrected chi connectivity index (χ3v) is 3.80. The molecule has 7 heteroatoms. The first-order valence-corrected chi connectivity index (χ1v) is 7.80. The average molecular weight is 335 g/mol. The first kappa shape index (κ1) is 16.6. The second-order valence-corrected chi connectivity index (χ2v) is 5.76. The summed E-state index contributed by atoms with van der Waals surface area (Å²) in [5.74, 6) is -0.149. The van der Waals surface area contributed by atoms with Crippen LogP contribution in [0, 0.1) is 11.3 Å². The van der Waals surface area contributed by atoms with E-state index in [4.69, 9.17) is 5.26 Å². The number of carbonyl (C=O) groups excluding carboxylic acids is 1. The highest BCUT2D eigenvalue weighted by molar-refractivity contribution is 5.92. The summed E-state index contributed by atoms with van der Waals surface area (Å²) in [6.45, 7) is 3.32. The third kappa shape index (κ3) is 3.20. The molecule has 0 aliphatic rings. The van der Waals surface area contributed by atoms with Gasteiger partial charge in [-0.1, -0.05) is 12.1 Å². The van der Waals surface area contributed by atoms with Crippen molar-refractivity contribution in [3.63, 3.8) is 0 Å². The Morgan fingerprint density at radius 2 is 2.24 bits per heavy atom. The van der Waals surface area contributed by atoms with Gasteiger partial charge in [-0.25, -0.2) is 9.50 Å². The van der Waals surface area contributed by atoms with Crippen LogP contribution in [0.3, 0.4) is 0 Å². The Morgan fingerprint density at radius 1 is 1.44 bits per heavy atom. The molecule has 126 valence electrons. The minimum absolute atomic E-state index is 0.149. The second kappa shape index (κ2) is 6.71.